The van der Waals surface area contributed by atoms with Crippen LogP contribution < -0.4 is 20.7 Å². The number of Topliss-reactive ketones (excluding diaryl/α,β-unsaturated/α-hetero) is 1. The summed E-state index contributed by atoms with van der Waals surface area (Å²) < 4.78 is 41.6. The zero-order valence-electron chi connectivity index (χ0n) is 22.3. The van der Waals surface area contributed by atoms with Crippen LogP contribution in [-0.4, -0.2) is 29.6 Å². The van der Waals surface area contributed by atoms with Crippen molar-refractivity contribution in [2.45, 2.75) is 57.9 Å². The number of alkyl halides is 3. The van der Waals surface area contributed by atoms with E-state index in [1.165, 1.54) is 6.92 Å². The van der Waals surface area contributed by atoms with Gasteiger partial charge < -0.3 is 20.7 Å². The lowest BCUT2D eigenvalue weighted by molar-refractivity contribution is -0.274. The fraction of sp³-hybridized carbons (Fsp3) is 0.345. The van der Waals surface area contributed by atoms with E-state index in [9.17, 15) is 27.6 Å². The molecule has 0 radical (unpaired) electrons. The molecule has 0 heterocycles. The number of ketones is 1. The van der Waals surface area contributed by atoms with Crippen molar-refractivity contribution in [2.75, 3.05) is 10.6 Å². The standard InChI is InChI=1S/C29H28Cl2F3N3O4/c1-16(38)28(2,19-10-4-3-5-11-19)37-26(39)21-12-17-8-6-7-9-18(17)13-24(21)35-27(40)36-25-22(30)14-20(15-23(25)31)41-29(32,33)34/h6-9,12-15,19H,3-5,10-11H2,1-2H3,(H,37,39)(H2,35,36,40). The quantitative estimate of drug-likeness (QED) is 0.251. The SMILES string of the molecule is CC(=O)C(C)(NC(=O)c1cc2ccccc2cc1NC(=O)Nc1c(Cl)cc(OC(F)(F)F)cc1Cl)C1CCCCC1. The van der Waals surface area contributed by atoms with Gasteiger partial charge in [0.1, 0.15) is 5.75 Å². The second-order valence-electron chi connectivity index (χ2n) is 10.2. The molecule has 0 spiro atoms. The van der Waals surface area contributed by atoms with Crippen LogP contribution in [0.1, 0.15) is 56.3 Å². The van der Waals surface area contributed by atoms with Crippen LogP contribution in [0.25, 0.3) is 10.8 Å². The van der Waals surface area contributed by atoms with Gasteiger partial charge in [-0.1, -0.05) is 66.7 Å². The minimum atomic E-state index is -4.96. The first-order chi connectivity index (χ1) is 19.3. The van der Waals surface area contributed by atoms with Gasteiger partial charge in [0.2, 0.25) is 0 Å². The maximum Gasteiger partial charge on any atom is 0.573 e. The molecule has 3 N–H and O–H groups in total. The summed E-state index contributed by atoms with van der Waals surface area (Å²) >= 11 is 12.2. The van der Waals surface area contributed by atoms with E-state index in [1.807, 2.05) is 12.1 Å². The minimum Gasteiger partial charge on any atom is -0.406 e. The van der Waals surface area contributed by atoms with Gasteiger partial charge in [0, 0.05) is 12.1 Å². The molecule has 218 valence electrons. The number of ether oxygens (including phenoxy) is 1. The molecule has 0 bridgehead atoms. The second-order valence-corrected chi connectivity index (χ2v) is 11.0. The van der Waals surface area contributed by atoms with Gasteiger partial charge in [-0.2, -0.15) is 0 Å². The van der Waals surface area contributed by atoms with Gasteiger partial charge in [0.25, 0.3) is 5.91 Å². The monoisotopic (exact) mass is 609 g/mol. The largest absolute Gasteiger partial charge is 0.573 e. The Kier molecular flexibility index (Phi) is 9.03. The van der Waals surface area contributed by atoms with E-state index in [4.69, 9.17) is 23.2 Å². The van der Waals surface area contributed by atoms with E-state index >= 15 is 0 Å². The molecule has 7 nitrogen and oxygen atoms in total. The number of hydrogen-bond donors (Lipinski definition) is 3. The Balaban J connectivity index is 1.62. The molecule has 1 aliphatic carbocycles. The number of anilines is 2. The molecule has 3 amide bonds. The average molecular weight is 610 g/mol. The Bertz CT molecular complexity index is 1470. The molecule has 0 aliphatic heterocycles. The molecule has 12 heteroatoms. The highest BCUT2D eigenvalue weighted by Gasteiger charge is 2.41. The Morgan fingerprint density at radius 3 is 2.05 bits per heavy atom. The fourth-order valence-corrected chi connectivity index (χ4v) is 5.68. The minimum absolute atomic E-state index is 0.0218. The molecule has 1 fully saturated rings. The van der Waals surface area contributed by atoms with Crippen LogP contribution >= 0.6 is 23.2 Å². The number of halogens is 5. The van der Waals surface area contributed by atoms with Crippen LogP contribution in [0.3, 0.4) is 0 Å². The zero-order valence-corrected chi connectivity index (χ0v) is 23.8. The summed E-state index contributed by atoms with van der Waals surface area (Å²) in [7, 11) is 0. The molecule has 1 unspecified atom stereocenters. The van der Waals surface area contributed by atoms with Gasteiger partial charge >= 0.3 is 12.4 Å². The summed E-state index contributed by atoms with van der Waals surface area (Å²) in [5.41, 5.74) is -0.997. The molecule has 3 aromatic carbocycles. The first-order valence-electron chi connectivity index (χ1n) is 13.0. The molecule has 1 aliphatic rings. The number of hydrogen-bond acceptors (Lipinski definition) is 4. The Hall–Kier alpha value is -3.50. The Morgan fingerprint density at radius 1 is 0.902 bits per heavy atom. The molecule has 41 heavy (non-hydrogen) atoms. The number of fused-ring (bicyclic) bond motifs is 1. The van der Waals surface area contributed by atoms with Crippen molar-refractivity contribution in [3.8, 4) is 5.75 Å². The van der Waals surface area contributed by atoms with Crippen molar-refractivity contribution in [1.29, 1.82) is 0 Å². The summed E-state index contributed by atoms with van der Waals surface area (Å²) in [6.45, 7) is 3.20. The van der Waals surface area contributed by atoms with Gasteiger partial charge in [-0.15, -0.1) is 13.2 Å². The van der Waals surface area contributed by atoms with E-state index in [0.29, 0.717) is 0 Å². The molecule has 0 aromatic heterocycles. The van der Waals surface area contributed by atoms with Crippen LogP contribution in [0.4, 0.5) is 29.3 Å². The predicted octanol–water partition coefficient (Wildman–Crippen LogP) is 8.35. The summed E-state index contributed by atoms with van der Waals surface area (Å²) in [5.74, 6) is -1.38. The highest BCUT2D eigenvalue weighted by Crippen LogP contribution is 2.37. The van der Waals surface area contributed by atoms with Gasteiger partial charge in [-0.3, -0.25) is 9.59 Å². The average Bonchev–Trinajstić information content (AvgIpc) is 2.89. The van der Waals surface area contributed by atoms with E-state index in [1.54, 1.807) is 31.2 Å². The van der Waals surface area contributed by atoms with Crippen molar-refractivity contribution < 1.29 is 32.3 Å². The van der Waals surface area contributed by atoms with Crippen molar-refractivity contribution >= 4 is 63.1 Å². The van der Waals surface area contributed by atoms with Crippen LogP contribution in [0, 0.1) is 5.92 Å². The maximum atomic E-state index is 13.7. The summed E-state index contributed by atoms with van der Waals surface area (Å²) in [5, 5.41) is 8.83. The van der Waals surface area contributed by atoms with E-state index in [-0.39, 0.29) is 38.7 Å². The number of benzene rings is 3. The van der Waals surface area contributed by atoms with Gasteiger partial charge in [0.15, 0.2) is 5.78 Å². The van der Waals surface area contributed by atoms with Gasteiger partial charge in [-0.05, 0) is 55.5 Å². The third-order valence-corrected chi connectivity index (χ3v) is 7.99. The Labute approximate surface area is 244 Å². The van der Waals surface area contributed by atoms with Crippen molar-refractivity contribution in [3.63, 3.8) is 0 Å². The maximum absolute atomic E-state index is 13.7. The third-order valence-electron chi connectivity index (χ3n) is 7.39. The lowest BCUT2D eigenvalue weighted by Crippen LogP contribution is -2.57. The highest BCUT2D eigenvalue weighted by atomic mass is 35.5. The first kappa shape index (κ1) is 30.5. The summed E-state index contributed by atoms with van der Waals surface area (Å²) in [6, 6.07) is 11.3. The van der Waals surface area contributed by atoms with Crippen molar-refractivity contribution in [3.05, 3.63) is 64.1 Å². The zero-order chi connectivity index (χ0) is 29.9. The van der Waals surface area contributed by atoms with Gasteiger partial charge in [-0.25, -0.2) is 4.79 Å². The van der Waals surface area contributed by atoms with Crippen LogP contribution in [0.2, 0.25) is 10.0 Å². The predicted molar refractivity (Wildman–Crippen MR) is 153 cm³/mol. The van der Waals surface area contributed by atoms with E-state index in [0.717, 1.165) is 55.0 Å². The van der Waals surface area contributed by atoms with Gasteiger partial charge in [0.05, 0.1) is 32.5 Å². The van der Waals surface area contributed by atoms with Crippen LogP contribution in [0.15, 0.2) is 48.5 Å². The van der Waals surface area contributed by atoms with Crippen LogP contribution in [0.5, 0.6) is 5.75 Å². The smallest absolute Gasteiger partial charge is 0.406 e. The van der Waals surface area contributed by atoms with E-state index < -0.39 is 29.6 Å². The number of urea groups is 1. The second kappa shape index (κ2) is 12.2. The lowest BCUT2D eigenvalue weighted by atomic mass is 9.73. The topological polar surface area (TPSA) is 96.5 Å². The normalized spacial score (nSPS) is 15.6. The number of rotatable bonds is 7. The molecule has 4 rings (SSSR count). The number of nitrogens with one attached hydrogen (secondary N) is 3. The molecular weight excluding hydrogens is 582 g/mol. The Morgan fingerprint density at radius 2 is 1.49 bits per heavy atom. The molecule has 0 saturated heterocycles. The summed E-state index contributed by atoms with van der Waals surface area (Å²) in [4.78, 5) is 39.5. The molecular formula is C29H28Cl2F3N3O4. The molecule has 1 saturated carbocycles. The van der Waals surface area contributed by atoms with Crippen molar-refractivity contribution in [1.82, 2.24) is 5.32 Å². The van der Waals surface area contributed by atoms with Crippen molar-refractivity contribution in [2.24, 2.45) is 5.92 Å². The number of carbonyl (C=O) groups is 3. The number of amides is 3. The van der Waals surface area contributed by atoms with E-state index in [2.05, 4.69) is 20.7 Å². The molecule has 1 atom stereocenters. The fourth-order valence-electron chi connectivity index (χ4n) is 5.12. The third kappa shape index (κ3) is 7.23. The first-order valence-corrected chi connectivity index (χ1v) is 13.7. The molecule has 3 aromatic rings. The lowest BCUT2D eigenvalue weighted by Gasteiger charge is -2.38. The number of carbonyl (C=O) groups excluding carboxylic acids is 3. The summed E-state index contributed by atoms with van der Waals surface area (Å²) in [6.07, 6.45) is -0.298. The van der Waals surface area contributed by atoms with Crippen LogP contribution in [-0.2, 0) is 4.79 Å². The highest BCUT2D eigenvalue weighted by molar-refractivity contribution is 6.40.